The second-order valence-corrected chi connectivity index (χ2v) is 5.78. The summed E-state index contributed by atoms with van der Waals surface area (Å²) in [7, 11) is 1.59. The molecule has 0 spiro atoms. The zero-order valence-electron chi connectivity index (χ0n) is 15.1. The lowest BCUT2D eigenvalue weighted by atomic mass is 10.2. The monoisotopic (exact) mass is 342 g/mol. The fourth-order valence-electron chi connectivity index (χ4n) is 2.49. The molecule has 0 aliphatic heterocycles. The van der Waals surface area contributed by atoms with Crippen molar-refractivity contribution in [3.05, 3.63) is 54.1 Å². The highest BCUT2D eigenvalue weighted by Gasteiger charge is 2.11. The van der Waals surface area contributed by atoms with E-state index >= 15 is 0 Å². The minimum Gasteiger partial charge on any atom is -0.495 e. The van der Waals surface area contributed by atoms with Crippen LogP contribution in [0.3, 0.4) is 0 Å². The molecule has 5 nitrogen and oxygen atoms in total. The minimum absolute atomic E-state index is 0.0677. The molecule has 0 atom stereocenters. The zero-order valence-corrected chi connectivity index (χ0v) is 15.1. The molecular weight excluding hydrogens is 316 g/mol. The van der Waals surface area contributed by atoms with E-state index in [4.69, 9.17) is 9.47 Å². The lowest BCUT2D eigenvalue weighted by molar-refractivity contribution is -0.117. The van der Waals surface area contributed by atoms with Crippen LogP contribution in [-0.2, 0) is 4.79 Å². The summed E-state index contributed by atoms with van der Waals surface area (Å²) >= 11 is 0. The Balaban J connectivity index is 1.81. The van der Waals surface area contributed by atoms with Crippen molar-refractivity contribution < 1.29 is 14.3 Å². The van der Waals surface area contributed by atoms with Crippen LogP contribution in [-0.4, -0.2) is 44.2 Å². The molecule has 2 aromatic carbocycles. The van der Waals surface area contributed by atoms with Crippen LogP contribution in [0.1, 0.15) is 12.5 Å². The first-order valence-electron chi connectivity index (χ1n) is 8.47. The third-order valence-corrected chi connectivity index (χ3v) is 3.86. The largest absolute Gasteiger partial charge is 0.495 e. The Morgan fingerprint density at radius 3 is 2.68 bits per heavy atom. The Hall–Kier alpha value is -2.53. The lowest BCUT2D eigenvalue weighted by Crippen LogP contribution is -2.36. The van der Waals surface area contributed by atoms with Crippen molar-refractivity contribution in [1.29, 1.82) is 0 Å². The molecule has 0 fully saturated rings. The topological polar surface area (TPSA) is 50.8 Å². The average molecular weight is 342 g/mol. The van der Waals surface area contributed by atoms with Crippen LogP contribution < -0.4 is 14.8 Å². The number of rotatable bonds is 9. The van der Waals surface area contributed by atoms with Gasteiger partial charge in [0.15, 0.2) is 0 Å². The summed E-state index contributed by atoms with van der Waals surface area (Å²) in [5.41, 5.74) is 1.85. The summed E-state index contributed by atoms with van der Waals surface area (Å²) in [5, 5.41) is 2.90. The number of methoxy groups -OCH3 is 1. The van der Waals surface area contributed by atoms with Crippen molar-refractivity contribution in [3.63, 3.8) is 0 Å². The molecule has 0 aliphatic carbocycles. The van der Waals surface area contributed by atoms with Gasteiger partial charge in [0.05, 0.1) is 19.3 Å². The number of hydrogen-bond donors (Lipinski definition) is 1. The van der Waals surface area contributed by atoms with E-state index in [0.717, 1.165) is 12.3 Å². The Morgan fingerprint density at radius 2 is 1.96 bits per heavy atom. The first-order chi connectivity index (χ1) is 12.1. The number of benzene rings is 2. The highest BCUT2D eigenvalue weighted by atomic mass is 16.5. The summed E-state index contributed by atoms with van der Waals surface area (Å²) in [6, 6.07) is 15.3. The molecule has 0 aliphatic rings. The molecule has 0 saturated heterocycles. The third kappa shape index (κ3) is 6.12. The highest BCUT2D eigenvalue weighted by Crippen LogP contribution is 2.22. The number of nitrogens with zero attached hydrogens (tertiary/aromatic N) is 1. The van der Waals surface area contributed by atoms with E-state index < -0.39 is 0 Å². The van der Waals surface area contributed by atoms with Crippen molar-refractivity contribution in [2.24, 2.45) is 0 Å². The minimum atomic E-state index is -0.0677. The molecule has 0 bridgehead atoms. The van der Waals surface area contributed by atoms with Crippen LogP contribution in [0.4, 0.5) is 5.69 Å². The van der Waals surface area contributed by atoms with E-state index in [0.29, 0.717) is 31.1 Å². The molecule has 0 unspecified atom stereocenters. The van der Waals surface area contributed by atoms with Crippen molar-refractivity contribution in [1.82, 2.24) is 4.90 Å². The summed E-state index contributed by atoms with van der Waals surface area (Å²) in [5.74, 6) is 1.44. The van der Waals surface area contributed by atoms with E-state index in [9.17, 15) is 4.79 Å². The first-order valence-corrected chi connectivity index (χ1v) is 8.47. The predicted octanol–water partition coefficient (Wildman–Crippen LogP) is 3.34. The third-order valence-electron chi connectivity index (χ3n) is 3.86. The molecular formula is C20H26N2O3. The van der Waals surface area contributed by atoms with Crippen LogP contribution in [0.15, 0.2) is 48.5 Å². The molecule has 0 radical (unpaired) electrons. The van der Waals surface area contributed by atoms with Gasteiger partial charge in [-0.1, -0.05) is 31.2 Å². The Morgan fingerprint density at radius 1 is 1.16 bits per heavy atom. The molecule has 5 heteroatoms. The Labute approximate surface area is 149 Å². The van der Waals surface area contributed by atoms with Gasteiger partial charge in [0.1, 0.15) is 18.1 Å². The van der Waals surface area contributed by atoms with Crippen molar-refractivity contribution in [2.45, 2.75) is 13.8 Å². The summed E-state index contributed by atoms with van der Waals surface area (Å²) in [6.45, 7) is 6.38. The number of carbonyl (C=O) groups is 1. The van der Waals surface area contributed by atoms with Crippen LogP contribution >= 0.6 is 0 Å². The fourth-order valence-corrected chi connectivity index (χ4v) is 2.49. The van der Waals surface area contributed by atoms with Crippen molar-refractivity contribution in [2.75, 3.05) is 38.7 Å². The number of nitrogens with one attached hydrogen (secondary N) is 1. The predicted molar refractivity (Wildman–Crippen MR) is 100 cm³/mol. The summed E-state index contributed by atoms with van der Waals surface area (Å²) < 4.78 is 11.0. The standard InChI is InChI=1S/C20H26N2O3/c1-4-22(12-13-25-17-9-7-8-16(2)14-17)15-20(23)21-18-10-5-6-11-19(18)24-3/h5-11,14H,4,12-13,15H2,1-3H3,(H,21,23). The van der Waals surface area contributed by atoms with Gasteiger partial charge < -0.3 is 14.8 Å². The second-order valence-electron chi connectivity index (χ2n) is 5.78. The Bertz CT molecular complexity index is 688. The van der Waals surface area contributed by atoms with Gasteiger partial charge in [0.2, 0.25) is 5.91 Å². The molecule has 25 heavy (non-hydrogen) atoms. The lowest BCUT2D eigenvalue weighted by Gasteiger charge is -2.20. The van der Waals surface area contributed by atoms with E-state index in [-0.39, 0.29) is 5.91 Å². The van der Waals surface area contributed by atoms with E-state index in [1.54, 1.807) is 7.11 Å². The molecule has 134 valence electrons. The number of amides is 1. The molecule has 2 aromatic rings. The summed E-state index contributed by atoms with van der Waals surface area (Å²) in [6.07, 6.45) is 0. The van der Waals surface area contributed by atoms with Gasteiger partial charge in [-0.05, 0) is 43.3 Å². The number of para-hydroxylation sites is 2. The van der Waals surface area contributed by atoms with Gasteiger partial charge >= 0.3 is 0 Å². The average Bonchev–Trinajstić information content (AvgIpc) is 2.61. The molecule has 1 N–H and O–H groups in total. The van der Waals surface area contributed by atoms with Crippen LogP contribution in [0.2, 0.25) is 0 Å². The normalized spacial score (nSPS) is 10.6. The zero-order chi connectivity index (χ0) is 18.1. The van der Waals surface area contributed by atoms with Gasteiger partial charge in [0.25, 0.3) is 0 Å². The van der Waals surface area contributed by atoms with Gasteiger partial charge in [-0.3, -0.25) is 9.69 Å². The number of ether oxygens (including phenoxy) is 2. The fraction of sp³-hybridized carbons (Fsp3) is 0.350. The number of anilines is 1. The second kappa shape index (κ2) is 9.69. The molecule has 1 amide bonds. The summed E-state index contributed by atoms with van der Waals surface area (Å²) in [4.78, 5) is 14.3. The maximum absolute atomic E-state index is 12.3. The number of likely N-dealkylation sites (N-methyl/N-ethyl adjacent to an activating group) is 1. The maximum atomic E-state index is 12.3. The van der Waals surface area contributed by atoms with Crippen LogP contribution in [0, 0.1) is 6.92 Å². The van der Waals surface area contributed by atoms with Gasteiger partial charge in [-0.15, -0.1) is 0 Å². The molecule has 0 saturated carbocycles. The quantitative estimate of drug-likeness (QED) is 0.759. The van der Waals surface area contributed by atoms with Crippen molar-refractivity contribution in [3.8, 4) is 11.5 Å². The molecule has 0 heterocycles. The number of aryl methyl sites for hydroxylation is 1. The SMILES string of the molecule is CCN(CCOc1cccc(C)c1)CC(=O)Nc1ccccc1OC. The Kier molecular flexibility index (Phi) is 7.29. The van der Waals surface area contributed by atoms with E-state index in [1.807, 2.05) is 67.3 Å². The highest BCUT2D eigenvalue weighted by molar-refractivity contribution is 5.93. The number of hydrogen-bond acceptors (Lipinski definition) is 4. The van der Waals surface area contributed by atoms with E-state index in [2.05, 4.69) is 5.32 Å². The first kappa shape index (κ1) is 18.8. The maximum Gasteiger partial charge on any atom is 0.238 e. The smallest absolute Gasteiger partial charge is 0.238 e. The van der Waals surface area contributed by atoms with E-state index in [1.165, 1.54) is 5.56 Å². The van der Waals surface area contributed by atoms with Crippen LogP contribution in [0.5, 0.6) is 11.5 Å². The van der Waals surface area contributed by atoms with Gasteiger partial charge in [-0.25, -0.2) is 0 Å². The van der Waals surface area contributed by atoms with Crippen molar-refractivity contribution >= 4 is 11.6 Å². The molecule has 0 aromatic heterocycles. The van der Waals surface area contributed by atoms with Gasteiger partial charge in [0, 0.05) is 6.54 Å². The molecule has 2 rings (SSSR count). The van der Waals surface area contributed by atoms with Gasteiger partial charge in [-0.2, -0.15) is 0 Å². The van der Waals surface area contributed by atoms with Crippen LogP contribution in [0.25, 0.3) is 0 Å². The number of carbonyl (C=O) groups excluding carboxylic acids is 1.